The molecule has 8 heteroatoms. The molecular formula is C23H28Cl2N2O3S. The Morgan fingerprint density at radius 2 is 1.71 bits per heavy atom. The quantitative estimate of drug-likeness (QED) is 0.568. The second kappa shape index (κ2) is 9.49. The summed E-state index contributed by atoms with van der Waals surface area (Å²) in [6.45, 7) is 8.54. The van der Waals surface area contributed by atoms with E-state index in [1.54, 1.807) is 6.07 Å². The van der Waals surface area contributed by atoms with Crippen molar-refractivity contribution in [3.05, 3.63) is 57.6 Å². The fourth-order valence-electron chi connectivity index (χ4n) is 3.98. The van der Waals surface area contributed by atoms with Crippen LogP contribution in [0.5, 0.6) is 0 Å². The zero-order valence-corrected chi connectivity index (χ0v) is 20.6. The molecule has 1 saturated heterocycles. The number of sulfonamides is 1. The summed E-state index contributed by atoms with van der Waals surface area (Å²) in [5.41, 5.74) is 3.06. The lowest BCUT2D eigenvalue weighted by Crippen LogP contribution is -2.46. The van der Waals surface area contributed by atoms with Crippen molar-refractivity contribution >= 4 is 44.8 Å². The predicted octanol–water partition coefficient (Wildman–Crippen LogP) is 5.45. The molecule has 0 spiro atoms. The highest BCUT2D eigenvalue weighted by Crippen LogP contribution is 2.32. The number of amides is 1. The van der Waals surface area contributed by atoms with Gasteiger partial charge in [-0.1, -0.05) is 35.3 Å². The largest absolute Gasteiger partial charge is 0.309 e. The first kappa shape index (κ1) is 24.1. The van der Waals surface area contributed by atoms with Gasteiger partial charge in [-0.25, -0.2) is 8.42 Å². The minimum Gasteiger partial charge on any atom is -0.309 e. The summed E-state index contributed by atoms with van der Waals surface area (Å²) in [6, 6.07) is 10.5. The van der Waals surface area contributed by atoms with Gasteiger partial charge < -0.3 is 4.90 Å². The van der Waals surface area contributed by atoms with E-state index in [0.717, 1.165) is 16.8 Å². The summed E-state index contributed by atoms with van der Waals surface area (Å²) < 4.78 is 27.5. The molecule has 0 bridgehead atoms. The molecule has 0 unspecified atom stereocenters. The van der Waals surface area contributed by atoms with Crippen LogP contribution < -0.4 is 4.90 Å². The van der Waals surface area contributed by atoms with Crippen molar-refractivity contribution in [2.24, 2.45) is 5.92 Å². The van der Waals surface area contributed by atoms with E-state index in [2.05, 4.69) is 0 Å². The van der Waals surface area contributed by atoms with Crippen molar-refractivity contribution in [2.45, 2.75) is 51.5 Å². The van der Waals surface area contributed by atoms with Gasteiger partial charge in [0.05, 0.1) is 5.02 Å². The monoisotopic (exact) mass is 482 g/mol. The van der Waals surface area contributed by atoms with Gasteiger partial charge in [0, 0.05) is 35.8 Å². The molecule has 1 aliphatic rings. The van der Waals surface area contributed by atoms with Gasteiger partial charge in [0.25, 0.3) is 0 Å². The van der Waals surface area contributed by atoms with Gasteiger partial charge in [-0.15, -0.1) is 0 Å². The van der Waals surface area contributed by atoms with Gasteiger partial charge in [0.2, 0.25) is 15.9 Å². The predicted molar refractivity (Wildman–Crippen MR) is 126 cm³/mol. The number of carbonyl (C=O) groups is 1. The van der Waals surface area contributed by atoms with Crippen molar-refractivity contribution < 1.29 is 13.2 Å². The topological polar surface area (TPSA) is 57.7 Å². The van der Waals surface area contributed by atoms with E-state index in [1.165, 1.54) is 16.4 Å². The summed E-state index contributed by atoms with van der Waals surface area (Å²) in [6.07, 6.45) is 0.925. The maximum absolute atomic E-state index is 13.4. The van der Waals surface area contributed by atoms with E-state index >= 15 is 0 Å². The highest BCUT2D eigenvalue weighted by Gasteiger charge is 2.36. The first-order chi connectivity index (χ1) is 14.5. The van der Waals surface area contributed by atoms with E-state index in [-0.39, 0.29) is 40.9 Å². The van der Waals surface area contributed by atoms with E-state index in [1.807, 2.05) is 50.8 Å². The van der Waals surface area contributed by atoms with Crippen LogP contribution in [0.15, 0.2) is 41.3 Å². The molecule has 1 heterocycles. The fourth-order valence-corrected chi connectivity index (χ4v) is 6.19. The van der Waals surface area contributed by atoms with Crippen LogP contribution in [-0.2, 0) is 14.8 Å². The Bertz CT molecular complexity index is 1080. The third-order valence-electron chi connectivity index (χ3n) is 5.69. The van der Waals surface area contributed by atoms with E-state index in [9.17, 15) is 13.2 Å². The summed E-state index contributed by atoms with van der Waals surface area (Å²) in [5, 5.41) is 0.456. The molecule has 1 aliphatic heterocycles. The van der Waals surface area contributed by atoms with E-state index in [0.29, 0.717) is 17.9 Å². The van der Waals surface area contributed by atoms with E-state index < -0.39 is 10.0 Å². The Morgan fingerprint density at radius 3 is 2.32 bits per heavy atom. The van der Waals surface area contributed by atoms with Crippen LogP contribution in [0.4, 0.5) is 5.69 Å². The number of rotatable bonds is 5. The van der Waals surface area contributed by atoms with Crippen LogP contribution in [0.3, 0.4) is 0 Å². The molecule has 0 atom stereocenters. The zero-order valence-electron chi connectivity index (χ0n) is 18.2. The average molecular weight is 483 g/mol. The van der Waals surface area contributed by atoms with Gasteiger partial charge in [-0.2, -0.15) is 4.31 Å². The maximum atomic E-state index is 13.4. The second-order valence-corrected chi connectivity index (χ2v) is 11.1. The molecule has 0 radical (unpaired) electrons. The zero-order chi connectivity index (χ0) is 22.9. The number of aryl methyl sites for hydroxylation is 2. The van der Waals surface area contributed by atoms with Crippen LogP contribution in [0, 0.1) is 19.8 Å². The molecule has 0 N–H and O–H groups in total. The molecule has 1 amide bonds. The lowest BCUT2D eigenvalue weighted by molar-refractivity contribution is -0.123. The minimum atomic E-state index is -3.77. The molecule has 0 saturated carbocycles. The molecule has 168 valence electrons. The summed E-state index contributed by atoms with van der Waals surface area (Å²) in [5.74, 6) is -0.190. The first-order valence-electron chi connectivity index (χ1n) is 10.4. The lowest BCUT2D eigenvalue weighted by atomic mass is 9.95. The van der Waals surface area contributed by atoms with Crippen LogP contribution in [0.2, 0.25) is 10.0 Å². The Morgan fingerprint density at radius 1 is 1.06 bits per heavy atom. The van der Waals surface area contributed by atoms with Crippen molar-refractivity contribution in [1.29, 1.82) is 0 Å². The molecule has 5 nitrogen and oxygen atoms in total. The Hall–Kier alpha value is -1.60. The smallest absolute Gasteiger partial charge is 0.244 e. The van der Waals surface area contributed by atoms with Gasteiger partial charge in [0.1, 0.15) is 4.90 Å². The Labute approximate surface area is 195 Å². The molecule has 1 fully saturated rings. The second-order valence-electron chi connectivity index (χ2n) is 8.35. The molecule has 2 aromatic rings. The van der Waals surface area contributed by atoms with Gasteiger partial charge >= 0.3 is 0 Å². The molecule has 2 aromatic carbocycles. The molecule has 0 aromatic heterocycles. The van der Waals surface area contributed by atoms with E-state index in [4.69, 9.17) is 23.2 Å². The molecule has 0 aliphatic carbocycles. The Kier molecular flexibility index (Phi) is 7.36. The third kappa shape index (κ3) is 5.08. The van der Waals surface area contributed by atoms with Gasteiger partial charge in [-0.05, 0) is 75.9 Å². The highest BCUT2D eigenvalue weighted by atomic mass is 35.5. The van der Waals surface area contributed by atoms with Crippen molar-refractivity contribution in [3.8, 4) is 0 Å². The summed E-state index contributed by atoms with van der Waals surface area (Å²) >= 11 is 12.1. The minimum absolute atomic E-state index is 0.0000273. The number of piperidine rings is 1. The molecule has 31 heavy (non-hydrogen) atoms. The standard InChI is InChI=1S/C23H28Cl2N2O3S/c1-15(2)27(21-13-16(3)5-6-17(21)4)23(28)18-9-11-26(12-10-18)31(29,30)22-14-19(24)7-8-20(22)25/h5-8,13-15,18H,9-12H2,1-4H3. The number of hydrogen-bond acceptors (Lipinski definition) is 3. The van der Waals surface area contributed by atoms with Crippen LogP contribution in [0.1, 0.15) is 37.8 Å². The van der Waals surface area contributed by atoms with Crippen molar-refractivity contribution in [2.75, 3.05) is 18.0 Å². The average Bonchev–Trinajstić information content (AvgIpc) is 2.72. The summed E-state index contributed by atoms with van der Waals surface area (Å²) in [4.78, 5) is 15.3. The lowest BCUT2D eigenvalue weighted by Gasteiger charge is -2.36. The number of benzene rings is 2. The van der Waals surface area contributed by atoms with Crippen molar-refractivity contribution in [3.63, 3.8) is 0 Å². The normalized spacial score (nSPS) is 16.0. The molecule has 3 rings (SSSR count). The van der Waals surface area contributed by atoms with Crippen LogP contribution in [0.25, 0.3) is 0 Å². The maximum Gasteiger partial charge on any atom is 0.244 e. The fraction of sp³-hybridized carbons (Fsp3) is 0.435. The first-order valence-corrected chi connectivity index (χ1v) is 12.6. The number of carbonyl (C=O) groups excluding carboxylic acids is 1. The number of nitrogens with zero attached hydrogens (tertiary/aromatic N) is 2. The highest BCUT2D eigenvalue weighted by molar-refractivity contribution is 7.89. The summed E-state index contributed by atoms with van der Waals surface area (Å²) in [7, 11) is -3.77. The number of hydrogen-bond donors (Lipinski definition) is 0. The van der Waals surface area contributed by atoms with Gasteiger partial charge in [-0.3, -0.25) is 4.79 Å². The number of anilines is 1. The van der Waals surface area contributed by atoms with Crippen LogP contribution in [-0.4, -0.2) is 37.8 Å². The Balaban J connectivity index is 1.78. The number of halogens is 2. The SMILES string of the molecule is Cc1ccc(C)c(N(C(=O)C2CCN(S(=O)(=O)c3cc(Cl)ccc3Cl)CC2)C(C)C)c1. The van der Waals surface area contributed by atoms with Crippen molar-refractivity contribution in [1.82, 2.24) is 4.31 Å². The third-order valence-corrected chi connectivity index (χ3v) is 8.31. The van der Waals surface area contributed by atoms with Crippen LogP contribution >= 0.6 is 23.2 Å². The molecular weight excluding hydrogens is 455 g/mol. The van der Waals surface area contributed by atoms with Gasteiger partial charge in [0.15, 0.2) is 0 Å².